The van der Waals surface area contributed by atoms with E-state index in [9.17, 15) is 9.59 Å². The number of benzene rings is 2. The molecule has 2 aromatic rings. The summed E-state index contributed by atoms with van der Waals surface area (Å²) in [6.45, 7) is 4.22. The topological polar surface area (TPSA) is 52.6 Å². The first-order valence-corrected chi connectivity index (χ1v) is 7.66. The molecule has 0 heterocycles. The Balaban J connectivity index is 2.39. The van der Waals surface area contributed by atoms with E-state index >= 15 is 0 Å². The number of ether oxygens (including phenoxy) is 2. The van der Waals surface area contributed by atoms with E-state index in [-0.39, 0.29) is 18.0 Å². The van der Waals surface area contributed by atoms with Crippen LogP contribution in [0.1, 0.15) is 46.2 Å². The first kappa shape index (κ1) is 16.9. The molecule has 0 radical (unpaired) electrons. The number of hydrogen-bond acceptors (Lipinski definition) is 4. The predicted molar refractivity (Wildman–Crippen MR) is 87.5 cm³/mol. The van der Waals surface area contributed by atoms with E-state index in [0.717, 1.165) is 5.56 Å². The summed E-state index contributed by atoms with van der Waals surface area (Å²) in [5.74, 6) is -0.749. The van der Waals surface area contributed by atoms with Gasteiger partial charge in [0.15, 0.2) is 5.78 Å². The van der Waals surface area contributed by atoms with Gasteiger partial charge in [0.2, 0.25) is 0 Å². The van der Waals surface area contributed by atoms with E-state index in [1.165, 1.54) is 0 Å². The third kappa shape index (κ3) is 4.05. The number of esters is 1. The number of carbonyl (C=O) groups excluding carboxylic acids is 2. The van der Waals surface area contributed by atoms with E-state index in [4.69, 9.17) is 9.47 Å². The molecule has 0 saturated carbocycles. The fourth-order valence-electron chi connectivity index (χ4n) is 2.34. The second-order valence-corrected chi connectivity index (χ2v) is 4.88. The summed E-state index contributed by atoms with van der Waals surface area (Å²) in [4.78, 5) is 25.0. The zero-order chi connectivity index (χ0) is 16.7. The van der Waals surface area contributed by atoms with E-state index in [1.54, 1.807) is 31.2 Å². The van der Waals surface area contributed by atoms with Crippen molar-refractivity contribution in [3.8, 4) is 0 Å². The van der Waals surface area contributed by atoms with Gasteiger partial charge >= 0.3 is 5.97 Å². The molecule has 2 rings (SSSR count). The largest absolute Gasteiger partial charge is 0.462 e. The summed E-state index contributed by atoms with van der Waals surface area (Å²) in [7, 11) is 0. The van der Waals surface area contributed by atoms with Gasteiger partial charge in [-0.15, -0.1) is 0 Å². The van der Waals surface area contributed by atoms with Gasteiger partial charge in [0.1, 0.15) is 6.10 Å². The standard InChI is InChI=1S/C19H20O4/c1-3-22-18(14-10-6-5-7-11-14)17(20)15-12-8-9-13-16(15)19(21)23-4-2/h5-13,18H,3-4H2,1-2H3. The fourth-order valence-corrected chi connectivity index (χ4v) is 2.34. The van der Waals surface area contributed by atoms with Gasteiger partial charge in [-0.05, 0) is 25.5 Å². The number of hydrogen-bond donors (Lipinski definition) is 0. The monoisotopic (exact) mass is 312 g/mol. The minimum absolute atomic E-state index is 0.248. The molecule has 0 N–H and O–H groups in total. The van der Waals surface area contributed by atoms with E-state index < -0.39 is 12.1 Å². The van der Waals surface area contributed by atoms with Crippen LogP contribution in [0.25, 0.3) is 0 Å². The Morgan fingerprint density at radius 1 is 0.870 bits per heavy atom. The van der Waals surface area contributed by atoms with Crippen molar-refractivity contribution in [2.24, 2.45) is 0 Å². The Labute approximate surface area is 136 Å². The summed E-state index contributed by atoms with van der Waals surface area (Å²) in [6.07, 6.45) is -0.739. The van der Waals surface area contributed by atoms with Crippen LogP contribution in [-0.4, -0.2) is 25.0 Å². The van der Waals surface area contributed by atoms with Gasteiger partial charge in [-0.2, -0.15) is 0 Å². The average molecular weight is 312 g/mol. The van der Waals surface area contributed by atoms with Crippen molar-refractivity contribution in [3.63, 3.8) is 0 Å². The number of carbonyl (C=O) groups is 2. The highest BCUT2D eigenvalue weighted by molar-refractivity contribution is 6.08. The van der Waals surface area contributed by atoms with Crippen LogP contribution in [0.5, 0.6) is 0 Å². The van der Waals surface area contributed by atoms with Gasteiger partial charge in [0.05, 0.1) is 12.2 Å². The maximum Gasteiger partial charge on any atom is 0.338 e. The summed E-state index contributed by atoms with van der Waals surface area (Å²) in [5, 5.41) is 0. The highest BCUT2D eigenvalue weighted by Crippen LogP contribution is 2.24. The van der Waals surface area contributed by atoms with E-state index in [1.807, 2.05) is 37.3 Å². The number of Topliss-reactive ketones (excluding diaryl/α,β-unsaturated/α-hetero) is 1. The van der Waals surface area contributed by atoms with Crippen molar-refractivity contribution in [1.29, 1.82) is 0 Å². The third-order valence-corrected chi connectivity index (χ3v) is 3.36. The maximum absolute atomic E-state index is 12.9. The summed E-state index contributed by atoms with van der Waals surface area (Å²) in [6, 6.07) is 15.9. The lowest BCUT2D eigenvalue weighted by molar-refractivity contribution is 0.0438. The SMILES string of the molecule is CCOC(=O)c1ccccc1C(=O)C(OCC)c1ccccc1. The van der Waals surface area contributed by atoms with Crippen LogP contribution in [0.3, 0.4) is 0 Å². The van der Waals surface area contributed by atoms with Crippen LogP contribution in [0.4, 0.5) is 0 Å². The molecule has 2 aromatic carbocycles. The predicted octanol–water partition coefficient (Wildman–Crippen LogP) is 3.82. The Bertz CT molecular complexity index is 664. The third-order valence-electron chi connectivity index (χ3n) is 3.36. The molecule has 1 unspecified atom stereocenters. The van der Waals surface area contributed by atoms with Crippen molar-refractivity contribution < 1.29 is 19.1 Å². The lowest BCUT2D eigenvalue weighted by Gasteiger charge is -2.17. The quantitative estimate of drug-likeness (QED) is 0.576. The summed E-state index contributed by atoms with van der Waals surface area (Å²) < 4.78 is 10.7. The number of rotatable bonds is 7. The molecule has 1 atom stereocenters. The van der Waals surface area contributed by atoms with Crippen molar-refractivity contribution in [2.75, 3.05) is 13.2 Å². The fraction of sp³-hybridized carbons (Fsp3) is 0.263. The van der Waals surface area contributed by atoms with Gasteiger partial charge in [-0.3, -0.25) is 4.79 Å². The molecular formula is C19H20O4. The van der Waals surface area contributed by atoms with Crippen molar-refractivity contribution >= 4 is 11.8 Å². The Hall–Kier alpha value is -2.46. The zero-order valence-electron chi connectivity index (χ0n) is 13.3. The molecule has 120 valence electrons. The molecule has 0 amide bonds. The molecule has 0 bridgehead atoms. The second kappa shape index (κ2) is 8.25. The van der Waals surface area contributed by atoms with Crippen molar-refractivity contribution in [3.05, 3.63) is 71.3 Å². The average Bonchev–Trinajstić information content (AvgIpc) is 2.60. The minimum atomic E-state index is -0.739. The van der Waals surface area contributed by atoms with Gasteiger partial charge in [0, 0.05) is 12.2 Å². The molecule has 0 aliphatic carbocycles. The highest BCUT2D eigenvalue weighted by Gasteiger charge is 2.26. The van der Waals surface area contributed by atoms with Crippen LogP contribution < -0.4 is 0 Å². The lowest BCUT2D eigenvalue weighted by Crippen LogP contribution is -2.20. The van der Waals surface area contributed by atoms with Crippen LogP contribution in [-0.2, 0) is 9.47 Å². The molecule has 23 heavy (non-hydrogen) atoms. The Morgan fingerprint density at radius 2 is 1.48 bits per heavy atom. The molecule has 0 fully saturated rings. The molecule has 0 spiro atoms. The van der Waals surface area contributed by atoms with E-state index in [0.29, 0.717) is 12.2 Å². The molecule has 0 aromatic heterocycles. The molecule has 4 heteroatoms. The summed E-state index contributed by atoms with van der Waals surface area (Å²) >= 11 is 0. The van der Waals surface area contributed by atoms with Gasteiger partial charge in [-0.25, -0.2) is 4.79 Å². The second-order valence-electron chi connectivity index (χ2n) is 4.88. The van der Waals surface area contributed by atoms with Crippen molar-refractivity contribution in [1.82, 2.24) is 0 Å². The Kier molecular flexibility index (Phi) is 6.06. The molecule has 4 nitrogen and oxygen atoms in total. The van der Waals surface area contributed by atoms with Crippen LogP contribution >= 0.6 is 0 Å². The summed E-state index contributed by atoms with van der Waals surface area (Å²) in [5.41, 5.74) is 1.34. The normalized spacial score (nSPS) is 11.7. The van der Waals surface area contributed by atoms with Gasteiger partial charge in [-0.1, -0.05) is 48.5 Å². The first-order chi connectivity index (χ1) is 11.2. The number of ketones is 1. The smallest absolute Gasteiger partial charge is 0.338 e. The Morgan fingerprint density at radius 3 is 2.09 bits per heavy atom. The minimum Gasteiger partial charge on any atom is -0.462 e. The molecule has 0 aliphatic heterocycles. The van der Waals surface area contributed by atoms with Gasteiger partial charge in [0.25, 0.3) is 0 Å². The van der Waals surface area contributed by atoms with Crippen LogP contribution in [0, 0.1) is 0 Å². The molecule has 0 saturated heterocycles. The van der Waals surface area contributed by atoms with Crippen molar-refractivity contribution in [2.45, 2.75) is 20.0 Å². The first-order valence-electron chi connectivity index (χ1n) is 7.66. The molecular weight excluding hydrogens is 292 g/mol. The van der Waals surface area contributed by atoms with E-state index in [2.05, 4.69) is 0 Å². The maximum atomic E-state index is 12.9. The highest BCUT2D eigenvalue weighted by atomic mass is 16.5. The zero-order valence-corrected chi connectivity index (χ0v) is 13.3. The van der Waals surface area contributed by atoms with Crippen LogP contribution in [0.2, 0.25) is 0 Å². The van der Waals surface area contributed by atoms with Gasteiger partial charge < -0.3 is 9.47 Å². The molecule has 0 aliphatic rings. The van der Waals surface area contributed by atoms with Crippen LogP contribution in [0.15, 0.2) is 54.6 Å². The lowest BCUT2D eigenvalue weighted by atomic mass is 9.96.